The summed E-state index contributed by atoms with van der Waals surface area (Å²) in [5.74, 6) is 0.876. The van der Waals surface area contributed by atoms with E-state index in [0.29, 0.717) is 6.10 Å². The fourth-order valence-electron chi connectivity index (χ4n) is 2.74. The largest absolute Gasteiger partial charge is 0.385 e. The molecule has 0 radical (unpaired) electrons. The monoisotopic (exact) mass is 313 g/mol. The Balaban J connectivity index is 1.94. The fraction of sp³-hybridized carbons (Fsp3) is 0.941. The van der Waals surface area contributed by atoms with Crippen molar-refractivity contribution in [1.82, 2.24) is 10.6 Å². The Morgan fingerprint density at radius 3 is 2.27 bits per heavy atom. The van der Waals surface area contributed by atoms with Crippen LogP contribution in [0.1, 0.15) is 57.8 Å². The maximum Gasteiger partial charge on any atom is 0.190 e. The van der Waals surface area contributed by atoms with Gasteiger partial charge < -0.3 is 20.1 Å². The van der Waals surface area contributed by atoms with E-state index in [0.717, 1.165) is 51.5 Å². The van der Waals surface area contributed by atoms with Crippen molar-refractivity contribution in [1.29, 1.82) is 0 Å². The minimum atomic E-state index is 0.519. The molecule has 22 heavy (non-hydrogen) atoms. The molecular weight excluding hydrogens is 278 g/mol. The quantitative estimate of drug-likeness (QED) is 0.282. The number of rotatable bonds is 10. The van der Waals surface area contributed by atoms with E-state index in [2.05, 4.69) is 15.6 Å². The van der Waals surface area contributed by atoms with Crippen molar-refractivity contribution in [3.63, 3.8) is 0 Å². The van der Waals surface area contributed by atoms with Crippen molar-refractivity contribution < 1.29 is 9.47 Å². The predicted molar refractivity (Wildman–Crippen MR) is 92.5 cm³/mol. The van der Waals surface area contributed by atoms with Gasteiger partial charge in [-0.2, -0.15) is 0 Å². The molecule has 1 saturated carbocycles. The van der Waals surface area contributed by atoms with E-state index in [1.807, 2.05) is 0 Å². The van der Waals surface area contributed by atoms with Crippen LogP contribution in [0, 0.1) is 0 Å². The van der Waals surface area contributed by atoms with Crippen LogP contribution in [0.5, 0.6) is 0 Å². The standard InChI is InChI=1S/C17H35N3O2/c1-18-17(20-13-9-14-21-2)19-12-7-8-15-22-16-10-5-3-4-6-11-16/h16H,3-15H2,1-2H3,(H2,18,19,20). The summed E-state index contributed by atoms with van der Waals surface area (Å²) in [5, 5.41) is 6.62. The van der Waals surface area contributed by atoms with Crippen LogP contribution in [0.4, 0.5) is 0 Å². The smallest absolute Gasteiger partial charge is 0.190 e. The maximum absolute atomic E-state index is 6.00. The van der Waals surface area contributed by atoms with Crippen LogP contribution in [-0.4, -0.2) is 52.5 Å². The summed E-state index contributed by atoms with van der Waals surface area (Å²) in [4.78, 5) is 4.21. The third-order valence-electron chi connectivity index (χ3n) is 4.06. The van der Waals surface area contributed by atoms with Crippen molar-refractivity contribution in [3.8, 4) is 0 Å². The number of nitrogens with one attached hydrogen (secondary N) is 2. The second-order valence-electron chi connectivity index (χ2n) is 5.96. The fourth-order valence-corrected chi connectivity index (χ4v) is 2.74. The summed E-state index contributed by atoms with van der Waals surface area (Å²) in [5.41, 5.74) is 0. The third kappa shape index (κ3) is 10.0. The first-order valence-electron chi connectivity index (χ1n) is 8.92. The lowest BCUT2D eigenvalue weighted by Crippen LogP contribution is -2.38. The topological polar surface area (TPSA) is 54.9 Å². The van der Waals surface area contributed by atoms with Crippen LogP contribution < -0.4 is 10.6 Å². The highest BCUT2D eigenvalue weighted by Gasteiger charge is 2.11. The summed E-state index contributed by atoms with van der Waals surface area (Å²) >= 11 is 0. The molecule has 0 aliphatic heterocycles. The molecule has 0 aromatic rings. The third-order valence-corrected chi connectivity index (χ3v) is 4.06. The van der Waals surface area contributed by atoms with Gasteiger partial charge >= 0.3 is 0 Å². The molecule has 0 spiro atoms. The highest BCUT2D eigenvalue weighted by molar-refractivity contribution is 5.79. The van der Waals surface area contributed by atoms with Crippen LogP contribution in [0.15, 0.2) is 4.99 Å². The van der Waals surface area contributed by atoms with Crippen molar-refractivity contribution in [2.75, 3.05) is 40.5 Å². The van der Waals surface area contributed by atoms with E-state index < -0.39 is 0 Å². The molecule has 1 aliphatic carbocycles. The highest BCUT2D eigenvalue weighted by Crippen LogP contribution is 2.19. The van der Waals surface area contributed by atoms with Crippen LogP contribution in [0.3, 0.4) is 0 Å². The molecule has 0 aromatic carbocycles. The zero-order chi connectivity index (χ0) is 15.9. The van der Waals surface area contributed by atoms with Gasteiger partial charge in [-0.15, -0.1) is 0 Å². The molecule has 0 unspecified atom stereocenters. The number of ether oxygens (including phenoxy) is 2. The lowest BCUT2D eigenvalue weighted by atomic mass is 10.1. The molecule has 0 aromatic heterocycles. The van der Waals surface area contributed by atoms with Crippen LogP contribution >= 0.6 is 0 Å². The number of aliphatic imine (C=N–C) groups is 1. The van der Waals surface area contributed by atoms with Crippen LogP contribution in [0.2, 0.25) is 0 Å². The molecule has 5 nitrogen and oxygen atoms in total. The molecule has 1 aliphatic rings. The Bertz CT molecular complexity index is 277. The van der Waals surface area contributed by atoms with Crippen LogP contribution in [0.25, 0.3) is 0 Å². The lowest BCUT2D eigenvalue weighted by Gasteiger charge is -2.15. The average molecular weight is 313 g/mol. The Hall–Kier alpha value is -0.810. The Morgan fingerprint density at radius 1 is 0.955 bits per heavy atom. The lowest BCUT2D eigenvalue weighted by molar-refractivity contribution is 0.0411. The van der Waals surface area contributed by atoms with Gasteiger partial charge in [-0.3, -0.25) is 4.99 Å². The average Bonchev–Trinajstić information content (AvgIpc) is 2.81. The number of guanidine groups is 1. The summed E-state index contributed by atoms with van der Waals surface area (Å²) < 4.78 is 11.0. The molecule has 0 heterocycles. The molecule has 0 bridgehead atoms. The zero-order valence-corrected chi connectivity index (χ0v) is 14.5. The highest BCUT2D eigenvalue weighted by atomic mass is 16.5. The van der Waals surface area contributed by atoms with Gasteiger partial charge in [-0.25, -0.2) is 0 Å². The summed E-state index contributed by atoms with van der Waals surface area (Å²) in [6, 6.07) is 0. The van der Waals surface area contributed by atoms with Gasteiger partial charge in [0.05, 0.1) is 6.10 Å². The van der Waals surface area contributed by atoms with Crippen molar-refractivity contribution in [2.45, 2.75) is 63.9 Å². The van der Waals surface area contributed by atoms with Crippen molar-refractivity contribution in [2.24, 2.45) is 4.99 Å². The minimum absolute atomic E-state index is 0.519. The van der Waals surface area contributed by atoms with E-state index in [4.69, 9.17) is 9.47 Å². The number of unbranched alkanes of at least 4 members (excludes halogenated alkanes) is 1. The SMILES string of the molecule is CN=C(NCCCCOC1CCCCCC1)NCCCOC. The molecule has 0 amide bonds. The van der Waals surface area contributed by atoms with E-state index in [1.54, 1.807) is 14.2 Å². The van der Waals surface area contributed by atoms with E-state index in [9.17, 15) is 0 Å². The van der Waals surface area contributed by atoms with Gasteiger partial charge in [0.15, 0.2) is 5.96 Å². The van der Waals surface area contributed by atoms with E-state index in [1.165, 1.54) is 38.5 Å². The van der Waals surface area contributed by atoms with Gasteiger partial charge in [-0.05, 0) is 32.1 Å². The normalized spacial score (nSPS) is 17.3. The molecule has 1 rings (SSSR count). The van der Waals surface area contributed by atoms with Gasteiger partial charge in [-0.1, -0.05) is 25.7 Å². The first-order valence-corrected chi connectivity index (χ1v) is 8.92. The molecule has 0 atom stereocenters. The van der Waals surface area contributed by atoms with Crippen LogP contribution in [-0.2, 0) is 9.47 Å². The van der Waals surface area contributed by atoms with Gasteiger partial charge in [0.1, 0.15) is 0 Å². The van der Waals surface area contributed by atoms with Crippen molar-refractivity contribution in [3.05, 3.63) is 0 Å². The number of methoxy groups -OCH3 is 1. The molecule has 1 fully saturated rings. The summed E-state index contributed by atoms with van der Waals surface area (Å²) in [6.07, 6.45) is 11.7. The molecular formula is C17H35N3O2. The van der Waals surface area contributed by atoms with Gasteiger partial charge in [0.25, 0.3) is 0 Å². The second-order valence-corrected chi connectivity index (χ2v) is 5.96. The second kappa shape index (κ2) is 13.8. The number of nitrogens with zero attached hydrogens (tertiary/aromatic N) is 1. The number of hydrogen-bond donors (Lipinski definition) is 2. The van der Waals surface area contributed by atoms with Gasteiger partial charge in [0.2, 0.25) is 0 Å². The molecule has 130 valence electrons. The predicted octanol–water partition coefficient (Wildman–Crippen LogP) is 2.71. The maximum atomic E-state index is 6.00. The minimum Gasteiger partial charge on any atom is -0.385 e. The Kier molecular flexibility index (Phi) is 12.1. The first kappa shape index (κ1) is 19.2. The van der Waals surface area contributed by atoms with E-state index >= 15 is 0 Å². The van der Waals surface area contributed by atoms with Crippen molar-refractivity contribution >= 4 is 5.96 Å². The molecule has 2 N–H and O–H groups in total. The molecule has 5 heteroatoms. The van der Waals surface area contributed by atoms with Gasteiger partial charge in [0, 0.05) is 40.5 Å². The Labute approximate surface area is 136 Å². The van der Waals surface area contributed by atoms with E-state index in [-0.39, 0.29) is 0 Å². The molecule has 0 saturated heterocycles. The Morgan fingerprint density at radius 2 is 1.64 bits per heavy atom. The summed E-state index contributed by atoms with van der Waals surface area (Å²) in [7, 11) is 3.53. The summed E-state index contributed by atoms with van der Waals surface area (Å²) in [6.45, 7) is 3.50. The zero-order valence-electron chi connectivity index (χ0n) is 14.5. The number of hydrogen-bond acceptors (Lipinski definition) is 3. The first-order chi connectivity index (χ1) is 10.9.